The maximum absolute atomic E-state index is 11.9. The third-order valence-corrected chi connectivity index (χ3v) is 4.06. The van der Waals surface area contributed by atoms with E-state index in [1.165, 1.54) is 28.4 Å². The van der Waals surface area contributed by atoms with Gasteiger partial charge in [0.25, 0.3) is 0 Å². The SMILES string of the molecule is CC(O)CCN(C)S(=O)(=O)c1cnn(C)c1. The van der Waals surface area contributed by atoms with Crippen molar-refractivity contribution in [1.29, 1.82) is 0 Å². The van der Waals surface area contributed by atoms with Gasteiger partial charge < -0.3 is 5.11 Å². The molecule has 16 heavy (non-hydrogen) atoms. The molecule has 1 aromatic heterocycles. The fourth-order valence-electron chi connectivity index (χ4n) is 1.20. The number of aromatic nitrogens is 2. The summed E-state index contributed by atoms with van der Waals surface area (Å²) in [7, 11) is -0.323. The normalized spacial score (nSPS) is 14.3. The summed E-state index contributed by atoms with van der Waals surface area (Å²) in [6, 6.07) is 0. The predicted molar refractivity (Wildman–Crippen MR) is 59.3 cm³/mol. The van der Waals surface area contributed by atoms with E-state index in [0.29, 0.717) is 6.42 Å². The van der Waals surface area contributed by atoms with Gasteiger partial charge in [-0.15, -0.1) is 0 Å². The number of hydrogen-bond acceptors (Lipinski definition) is 4. The fourth-order valence-corrected chi connectivity index (χ4v) is 2.37. The number of rotatable bonds is 5. The molecular formula is C9H17N3O3S. The lowest BCUT2D eigenvalue weighted by molar-refractivity contribution is 0.177. The second kappa shape index (κ2) is 4.94. The number of aryl methyl sites for hydroxylation is 1. The van der Waals surface area contributed by atoms with Crippen LogP contribution < -0.4 is 0 Å². The van der Waals surface area contributed by atoms with E-state index >= 15 is 0 Å². The molecule has 0 amide bonds. The maximum Gasteiger partial charge on any atom is 0.245 e. The van der Waals surface area contributed by atoms with Crippen LogP contribution in [-0.2, 0) is 17.1 Å². The largest absolute Gasteiger partial charge is 0.393 e. The summed E-state index contributed by atoms with van der Waals surface area (Å²) in [5, 5.41) is 12.9. The monoisotopic (exact) mass is 247 g/mol. The topological polar surface area (TPSA) is 75.4 Å². The molecule has 1 rings (SSSR count). The van der Waals surface area contributed by atoms with Gasteiger partial charge in [-0.05, 0) is 13.3 Å². The van der Waals surface area contributed by atoms with Crippen molar-refractivity contribution in [2.75, 3.05) is 13.6 Å². The van der Waals surface area contributed by atoms with Crippen LogP contribution >= 0.6 is 0 Å². The molecule has 0 bridgehead atoms. The van der Waals surface area contributed by atoms with Crippen LogP contribution in [0, 0.1) is 0 Å². The van der Waals surface area contributed by atoms with E-state index in [1.54, 1.807) is 14.0 Å². The highest BCUT2D eigenvalue weighted by Crippen LogP contribution is 2.13. The molecule has 1 aromatic rings. The molecule has 0 saturated carbocycles. The van der Waals surface area contributed by atoms with Gasteiger partial charge >= 0.3 is 0 Å². The molecular weight excluding hydrogens is 230 g/mol. The van der Waals surface area contributed by atoms with Crippen LogP contribution in [0.5, 0.6) is 0 Å². The minimum atomic E-state index is -3.47. The van der Waals surface area contributed by atoms with Gasteiger partial charge in [-0.2, -0.15) is 5.10 Å². The van der Waals surface area contributed by atoms with Crippen LogP contribution in [0.25, 0.3) is 0 Å². The van der Waals surface area contributed by atoms with Crippen molar-refractivity contribution in [2.24, 2.45) is 7.05 Å². The molecule has 0 aliphatic carbocycles. The molecule has 7 heteroatoms. The zero-order valence-electron chi connectivity index (χ0n) is 9.66. The van der Waals surface area contributed by atoms with E-state index in [0.717, 1.165) is 0 Å². The molecule has 0 radical (unpaired) electrons. The van der Waals surface area contributed by atoms with E-state index in [2.05, 4.69) is 5.10 Å². The second-order valence-corrected chi connectivity index (χ2v) is 5.86. The van der Waals surface area contributed by atoms with E-state index in [-0.39, 0.29) is 11.4 Å². The van der Waals surface area contributed by atoms with Crippen molar-refractivity contribution < 1.29 is 13.5 Å². The average Bonchev–Trinajstić information content (AvgIpc) is 2.61. The Hall–Kier alpha value is -0.920. The zero-order valence-corrected chi connectivity index (χ0v) is 10.5. The summed E-state index contributed by atoms with van der Waals surface area (Å²) in [5.41, 5.74) is 0. The van der Waals surface area contributed by atoms with Gasteiger partial charge in [-0.3, -0.25) is 4.68 Å². The Bertz CT molecular complexity index is 439. The van der Waals surface area contributed by atoms with E-state index in [4.69, 9.17) is 5.11 Å². The van der Waals surface area contributed by atoms with Crippen molar-refractivity contribution in [3.63, 3.8) is 0 Å². The van der Waals surface area contributed by atoms with E-state index in [9.17, 15) is 8.42 Å². The minimum Gasteiger partial charge on any atom is -0.393 e. The molecule has 0 saturated heterocycles. The number of aliphatic hydroxyl groups is 1. The summed E-state index contributed by atoms with van der Waals surface area (Å²) in [6.07, 6.45) is 2.67. The molecule has 0 spiro atoms. The van der Waals surface area contributed by atoms with Gasteiger partial charge in [0.1, 0.15) is 4.90 Å². The molecule has 0 fully saturated rings. The lowest BCUT2D eigenvalue weighted by Crippen LogP contribution is -2.29. The molecule has 92 valence electrons. The number of sulfonamides is 1. The van der Waals surface area contributed by atoms with Crippen LogP contribution in [0.2, 0.25) is 0 Å². The van der Waals surface area contributed by atoms with Crippen molar-refractivity contribution in [3.05, 3.63) is 12.4 Å². The van der Waals surface area contributed by atoms with Gasteiger partial charge in [0.2, 0.25) is 10.0 Å². The highest BCUT2D eigenvalue weighted by molar-refractivity contribution is 7.89. The summed E-state index contributed by atoms with van der Waals surface area (Å²) in [4.78, 5) is 0.170. The maximum atomic E-state index is 11.9. The highest BCUT2D eigenvalue weighted by atomic mass is 32.2. The summed E-state index contributed by atoms with van der Waals surface area (Å²) in [5.74, 6) is 0. The van der Waals surface area contributed by atoms with Crippen molar-refractivity contribution >= 4 is 10.0 Å². The number of hydrogen-bond donors (Lipinski definition) is 1. The zero-order chi connectivity index (χ0) is 12.3. The first kappa shape index (κ1) is 13.1. The van der Waals surface area contributed by atoms with Crippen LogP contribution in [0.1, 0.15) is 13.3 Å². The van der Waals surface area contributed by atoms with Crippen molar-refractivity contribution in [2.45, 2.75) is 24.3 Å². The summed E-state index contributed by atoms with van der Waals surface area (Å²) < 4.78 is 26.6. The number of nitrogens with zero attached hydrogens (tertiary/aromatic N) is 3. The summed E-state index contributed by atoms with van der Waals surface area (Å²) in [6.45, 7) is 1.92. The molecule has 0 aromatic carbocycles. The standard InChI is InChI=1S/C9H17N3O3S/c1-8(13)4-5-12(3)16(14,15)9-6-10-11(2)7-9/h6-8,13H,4-5H2,1-3H3. The van der Waals surface area contributed by atoms with Gasteiger partial charge in [-0.25, -0.2) is 12.7 Å². The first-order valence-corrected chi connectivity index (χ1v) is 6.41. The molecule has 6 nitrogen and oxygen atoms in total. The molecule has 1 unspecified atom stereocenters. The van der Waals surface area contributed by atoms with Gasteiger partial charge in [0.15, 0.2) is 0 Å². The first-order valence-electron chi connectivity index (χ1n) is 4.97. The van der Waals surface area contributed by atoms with Crippen LogP contribution in [0.3, 0.4) is 0 Å². The molecule has 1 atom stereocenters. The Labute approximate surface area is 95.5 Å². The Balaban J connectivity index is 2.78. The van der Waals surface area contributed by atoms with Crippen LogP contribution in [-0.4, -0.2) is 47.3 Å². The Kier molecular flexibility index (Phi) is 4.06. The van der Waals surface area contributed by atoms with E-state index < -0.39 is 16.1 Å². The third kappa shape index (κ3) is 3.03. The van der Waals surface area contributed by atoms with E-state index in [1.807, 2.05) is 0 Å². The highest BCUT2D eigenvalue weighted by Gasteiger charge is 2.22. The van der Waals surface area contributed by atoms with Crippen LogP contribution in [0.15, 0.2) is 17.3 Å². The summed E-state index contributed by atoms with van der Waals surface area (Å²) >= 11 is 0. The Morgan fingerprint density at radius 1 is 1.62 bits per heavy atom. The molecule has 1 heterocycles. The molecule has 0 aliphatic heterocycles. The van der Waals surface area contributed by atoms with Gasteiger partial charge in [0, 0.05) is 26.8 Å². The Morgan fingerprint density at radius 2 is 2.25 bits per heavy atom. The fraction of sp³-hybridized carbons (Fsp3) is 0.667. The Morgan fingerprint density at radius 3 is 2.69 bits per heavy atom. The molecule has 1 N–H and O–H groups in total. The number of aliphatic hydroxyl groups excluding tert-OH is 1. The average molecular weight is 247 g/mol. The van der Waals surface area contributed by atoms with Gasteiger partial charge in [0.05, 0.1) is 12.3 Å². The second-order valence-electron chi connectivity index (χ2n) is 3.81. The predicted octanol–water partition coefficient (Wildman–Crippen LogP) is -0.189. The lowest BCUT2D eigenvalue weighted by atomic mass is 10.3. The van der Waals surface area contributed by atoms with Gasteiger partial charge in [-0.1, -0.05) is 0 Å². The van der Waals surface area contributed by atoms with Crippen molar-refractivity contribution in [1.82, 2.24) is 14.1 Å². The van der Waals surface area contributed by atoms with Crippen LogP contribution in [0.4, 0.5) is 0 Å². The first-order chi connectivity index (χ1) is 7.34. The molecule has 0 aliphatic rings. The quantitative estimate of drug-likeness (QED) is 0.782. The third-order valence-electron chi connectivity index (χ3n) is 2.25. The van der Waals surface area contributed by atoms with Crippen molar-refractivity contribution in [3.8, 4) is 0 Å². The smallest absolute Gasteiger partial charge is 0.245 e. The minimum absolute atomic E-state index is 0.170. The lowest BCUT2D eigenvalue weighted by Gasteiger charge is -2.16.